The lowest BCUT2D eigenvalue weighted by molar-refractivity contribution is -0.122. The van der Waals surface area contributed by atoms with E-state index in [1.165, 1.54) is 4.90 Å². The van der Waals surface area contributed by atoms with Crippen LogP contribution < -0.4 is 10.2 Å². The Morgan fingerprint density at radius 1 is 1.20 bits per heavy atom. The molecule has 3 amide bonds. The summed E-state index contributed by atoms with van der Waals surface area (Å²) < 4.78 is 0. The van der Waals surface area contributed by atoms with E-state index in [-0.39, 0.29) is 11.9 Å². The van der Waals surface area contributed by atoms with Gasteiger partial charge in [0.2, 0.25) is 0 Å². The summed E-state index contributed by atoms with van der Waals surface area (Å²) in [6.07, 6.45) is 2.46. The Morgan fingerprint density at radius 3 is 2.40 bits per heavy atom. The molecule has 1 aliphatic rings. The molecule has 0 atom stereocenters. The highest BCUT2D eigenvalue weighted by Crippen LogP contribution is 2.17. The number of amides is 3. The van der Waals surface area contributed by atoms with Crippen LogP contribution in [0.4, 0.5) is 10.5 Å². The molecule has 1 aromatic carbocycles. The van der Waals surface area contributed by atoms with Gasteiger partial charge in [0, 0.05) is 26.3 Å². The number of carbonyl (C=O) groups excluding carboxylic acids is 2. The Balaban J connectivity index is 2.19. The summed E-state index contributed by atoms with van der Waals surface area (Å²) in [5.74, 6) is -0.256. The fraction of sp³-hybridized carbons (Fsp3) is 0.333. The van der Waals surface area contributed by atoms with E-state index in [0.717, 1.165) is 17.7 Å². The highest BCUT2D eigenvalue weighted by Gasteiger charge is 2.32. The Bertz CT molecular complexity index is 547. The van der Waals surface area contributed by atoms with Gasteiger partial charge in [-0.2, -0.15) is 0 Å². The smallest absolute Gasteiger partial charge is 0.329 e. The number of carbonyl (C=O) groups is 2. The predicted molar refractivity (Wildman–Crippen MR) is 79.3 cm³/mol. The quantitative estimate of drug-likeness (QED) is 0.675. The molecule has 5 heteroatoms. The summed E-state index contributed by atoms with van der Waals surface area (Å²) in [5, 5.41) is 2.61. The van der Waals surface area contributed by atoms with Gasteiger partial charge in [-0.3, -0.25) is 9.69 Å². The molecule has 0 spiro atoms. The lowest BCUT2D eigenvalue weighted by Gasteiger charge is -2.11. The monoisotopic (exact) mass is 273 g/mol. The first kappa shape index (κ1) is 14.1. The number of urea groups is 1. The second-order valence-corrected chi connectivity index (χ2v) is 4.93. The largest absolute Gasteiger partial charge is 0.378 e. The van der Waals surface area contributed by atoms with E-state index in [2.05, 4.69) is 5.32 Å². The van der Waals surface area contributed by atoms with Gasteiger partial charge in [-0.1, -0.05) is 19.1 Å². The van der Waals surface area contributed by atoms with Crippen molar-refractivity contribution < 1.29 is 9.59 Å². The molecule has 1 aromatic rings. The fourth-order valence-corrected chi connectivity index (χ4v) is 2.03. The van der Waals surface area contributed by atoms with Crippen molar-refractivity contribution >= 4 is 23.7 Å². The molecule has 1 aliphatic heterocycles. The molecular formula is C15H19N3O2. The molecule has 5 nitrogen and oxygen atoms in total. The third kappa shape index (κ3) is 2.82. The molecule has 2 rings (SSSR count). The molecule has 0 aliphatic carbocycles. The van der Waals surface area contributed by atoms with Gasteiger partial charge < -0.3 is 10.2 Å². The minimum atomic E-state index is -0.340. The Labute approximate surface area is 118 Å². The number of benzene rings is 1. The summed E-state index contributed by atoms with van der Waals surface area (Å²) in [7, 11) is 3.94. The molecule has 1 saturated heterocycles. The second-order valence-electron chi connectivity index (χ2n) is 4.93. The van der Waals surface area contributed by atoms with Crippen molar-refractivity contribution in [3.05, 3.63) is 35.5 Å². The summed E-state index contributed by atoms with van der Waals surface area (Å²) >= 11 is 0. The SMILES string of the molecule is CCCN1C(=O)N/C(=C/c2ccc(N(C)C)cc2)C1=O. The molecule has 0 radical (unpaired) electrons. The van der Waals surface area contributed by atoms with Gasteiger partial charge in [0.15, 0.2) is 0 Å². The number of imide groups is 1. The van der Waals surface area contributed by atoms with Crippen LogP contribution in [0.2, 0.25) is 0 Å². The summed E-state index contributed by atoms with van der Waals surface area (Å²) in [6.45, 7) is 2.38. The highest BCUT2D eigenvalue weighted by molar-refractivity contribution is 6.13. The Hall–Kier alpha value is -2.30. The van der Waals surface area contributed by atoms with E-state index >= 15 is 0 Å². The van der Waals surface area contributed by atoms with Crippen LogP contribution in [0.5, 0.6) is 0 Å². The number of rotatable bonds is 4. The van der Waals surface area contributed by atoms with E-state index in [9.17, 15) is 9.59 Å². The molecule has 1 heterocycles. The molecule has 106 valence electrons. The first-order chi connectivity index (χ1) is 9.52. The third-order valence-electron chi connectivity index (χ3n) is 3.13. The lowest BCUT2D eigenvalue weighted by atomic mass is 10.1. The molecule has 0 saturated carbocycles. The van der Waals surface area contributed by atoms with Crippen LogP contribution in [-0.2, 0) is 4.79 Å². The fourth-order valence-electron chi connectivity index (χ4n) is 2.03. The average molecular weight is 273 g/mol. The maximum Gasteiger partial charge on any atom is 0.329 e. The van der Waals surface area contributed by atoms with Gasteiger partial charge >= 0.3 is 6.03 Å². The maximum atomic E-state index is 12.1. The maximum absolute atomic E-state index is 12.1. The minimum absolute atomic E-state index is 0.256. The first-order valence-corrected chi connectivity index (χ1v) is 6.65. The zero-order valence-corrected chi connectivity index (χ0v) is 12.0. The van der Waals surface area contributed by atoms with Crippen LogP contribution >= 0.6 is 0 Å². The molecule has 0 bridgehead atoms. The van der Waals surface area contributed by atoms with Crippen LogP contribution in [0.1, 0.15) is 18.9 Å². The normalized spacial score (nSPS) is 16.8. The molecular weight excluding hydrogens is 254 g/mol. The first-order valence-electron chi connectivity index (χ1n) is 6.65. The number of nitrogens with one attached hydrogen (secondary N) is 1. The predicted octanol–water partition coefficient (Wildman–Crippen LogP) is 2.06. The van der Waals surface area contributed by atoms with Crippen LogP contribution in [0.25, 0.3) is 6.08 Å². The minimum Gasteiger partial charge on any atom is -0.378 e. The zero-order valence-electron chi connectivity index (χ0n) is 12.0. The standard InChI is InChI=1S/C15H19N3O2/c1-4-9-18-14(19)13(16-15(18)20)10-11-5-7-12(8-6-11)17(2)3/h5-8,10H,4,9H2,1-3H3,(H,16,20)/b13-10+. The van der Waals surface area contributed by atoms with Crippen molar-refractivity contribution in [3.63, 3.8) is 0 Å². The lowest BCUT2D eigenvalue weighted by Crippen LogP contribution is -2.31. The number of anilines is 1. The number of nitrogens with zero attached hydrogens (tertiary/aromatic N) is 2. The van der Waals surface area contributed by atoms with Gasteiger partial charge in [-0.25, -0.2) is 4.79 Å². The number of hydrogen-bond donors (Lipinski definition) is 1. The van der Waals surface area contributed by atoms with Crippen molar-refractivity contribution in [1.82, 2.24) is 10.2 Å². The van der Waals surface area contributed by atoms with E-state index in [4.69, 9.17) is 0 Å². The molecule has 1 N–H and O–H groups in total. The zero-order chi connectivity index (χ0) is 14.7. The summed E-state index contributed by atoms with van der Waals surface area (Å²) in [6, 6.07) is 7.44. The van der Waals surface area contributed by atoms with Crippen molar-refractivity contribution in [2.45, 2.75) is 13.3 Å². The van der Waals surface area contributed by atoms with Crippen LogP contribution in [-0.4, -0.2) is 37.5 Å². The van der Waals surface area contributed by atoms with E-state index in [0.29, 0.717) is 12.2 Å². The van der Waals surface area contributed by atoms with Crippen molar-refractivity contribution in [1.29, 1.82) is 0 Å². The average Bonchev–Trinajstić information content (AvgIpc) is 2.67. The second kappa shape index (κ2) is 5.77. The number of hydrogen-bond acceptors (Lipinski definition) is 3. The summed E-state index contributed by atoms with van der Waals surface area (Å²) in [5.41, 5.74) is 2.31. The van der Waals surface area contributed by atoms with Gasteiger partial charge in [0.25, 0.3) is 5.91 Å². The summed E-state index contributed by atoms with van der Waals surface area (Å²) in [4.78, 5) is 27.0. The van der Waals surface area contributed by atoms with Gasteiger partial charge in [0.1, 0.15) is 5.70 Å². The van der Waals surface area contributed by atoms with E-state index < -0.39 is 0 Å². The van der Waals surface area contributed by atoms with Gasteiger partial charge in [-0.15, -0.1) is 0 Å². The van der Waals surface area contributed by atoms with E-state index in [1.54, 1.807) is 6.08 Å². The molecule has 0 aromatic heterocycles. The van der Waals surface area contributed by atoms with Crippen LogP contribution in [0, 0.1) is 0 Å². The highest BCUT2D eigenvalue weighted by atomic mass is 16.2. The van der Waals surface area contributed by atoms with Crippen LogP contribution in [0.15, 0.2) is 30.0 Å². The molecule has 0 unspecified atom stereocenters. The van der Waals surface area contributed by atoms with Crippen molar-refractivity contribution in [3.8, 4) is 0 Å². The molecule has 1 fully saturated rings. The van der Waals surface area contributed by atoms with Crippen molar-refractivity contribution in [2.75, 3.05) is 25.5 Å². The third-order valence-corrected chi connectivity index (χ3v) is 3.13. The molecule has 20 heavy (non-hydrogen) atoms. The van der Waals surface area contributed by atoms with Gasteiger partial charge in [-0.05, 0) is 30.2 Å². The Morgan fingerprint density at radius 2 is 1.85 bits per heavy atom. The van der Waals surface area contributed by atoms with Gasteiger partial charge in [0.05, 0.1) is 0 Å². The van der Waals surface area contributed by atoms with E-state index in [1.807, 2.05) is 50.2 Å². The van der Waals surface area contributed by atoms with Crippen molar-refractivity contribution in [2.24, 2.45) is 0 Å². The van der Waals surface area contributed by atoms with Crippen LogP contribution in [0.3, 0.4) is 0 Å². The Kier molecular flexibility index (Phi) is 4.08. The topological polar surface area (TPSA) is 52.7 Å².